The fourth-order valence-corrected chi connectivity index (χ4v) is 1.65. The van der Waals surface area contributed by atoms with Crippen LogP contribution in [0.5, 0.6) is 0 Å². The normalized spacial score (nSPS) is 43.6. The standard InChI is InChI=1S/C18H28FN3O2/c1-12-6-7-15(22(11-12)17(23)24-18(3,4)5)10-21-16-13(2)8-14(19)9-20-16/h8-9,12,15H,6-7,10-11H2,1-5H3,(H,20,21)/t12-,15-/m0/s1/i1D3,6D2,7D2,10D2,11D2,12D,15D/hD. The Labute approximate surface area is 163 Å². The quantitative estimate of drug-likeness (QED) is 0.895. The number of likely N-dealkylation sites (tertiary alicyclic amines) is 1. The predicted octanol–water partition coefficient (Wildman–Crippen LogP) is 3.98. The van der Waals surface area contributed by atoms with Gasteiger partial charge in [-0.1, -0.05) is 6.85 Å². The summed E-state index contributed by atoms with van der Waals surface area (Å²) in [6.45, 7) is -7.05. The Morgan fingerprint density at radius 3 is 3.08 bits per heavy atom. The molecule has 2 atom stereocenters. The number of nitrogens with one attached hydrogen (secondary N) is 1. The summed E-state index contributed by atoms with van der Waals surface area (Å²) in [5.74, 6) is -5.73. The van der Waals surface area contributed by atoms with Crippen molar-refractivity contribution < 1.29 is 33.2 Å². The van der Waals surface area contributed by atoms with Crippen LogP contribution in [0.3, 0.4) is 0 Å². The van der Waals surface area contributed by atoms with Gasteiger partial charge in [0.1, 0.15) is 17.2 Å². The molecule has 1 fully saturated rings. The predicted molar refractivity (Wildman–Crippen MR) is 92.5 cm³/mol. The summed E-state index contributed by atoms with van der Waals surface area (Å²) in [7, 11) is 0. The SMILES string of the molecule is [2H]N(c1ncc(F)cc1C)C([2H])([2H])[C@@]1([2H])N(C(=O)OC(C)(C)C)C([2H])([2H])[C@@]([2H])(C([2H])([2H])[2H])C([2H])([2H])C1([2H])[2H]. The van der Waals surface area contributed by atoms with Crippen molar-refractivity contribution in [3.63, 3.8) is 0 Å². The van der Waals surface area contributed by atoms with Crippen LogP contribution in [0.2, 0.25) is 1.41 Å². The monoisotopic (exact) mass is 351 g/mol. The van der Waals surface area contributed by atoms with Gasteiger partial charge in [0.25, 0.3) is 0 Å². The average Bonchev–Trinajstić information content (AvgIpc) is 2.68. The number of amides is 1. The van der Waals surface area contributed by atoms with E-state index in [1.54, 1.807) is 0 Å². The highest BCUT2D eigenvalue weighted by molar-refractivity contribution is 5.69. The molecule has 0 radical (unpaired) electrons. The second-order valence-electron chi connectivity index (χ2n) is 5.92. The molecule has 0 aliphatic carbocycles. The minimum atomic E-state index is -4.21. The summed E-state index contributed by atoms with van der Waals surface area (Å²) in [6, 6.07) is -3.34. The minimum absolute atomic E-state index is 0.198. The molecule has 1 aliphatic rings. The van der Waals surface area contributed by atoms with E-state index in [1.807, 2.05) is 0 Å². The Kier molecular flexibility index (Phi) is 2.20. The van der Waals surface area contributed by atoms with E-state index in [1.165, 1.54) is 27.7 Å². The van der Waals surface area contributed by atoms with E-state index >= 15 is 0 Å². The molecule has 24 heavy (non-hydrogen) atoms. The van der Waals surface area contributed by atoms with Crippen LogP contribution in [0, 0.1) is 18.6 Å². The van der Waals surface area contributed by atoms with E-state index in [0.29, 0.717) is 6.20 Å². The van der Waals surface area contributed by atoms with Crippen LogP contribution in [0.25, 0.3) is 0 Å². The summed E-state index contributed by atoms with van der Waals surface area (Å²) in [5.41, 5.74) is -1.69. The minimum Gasteiger partial charge on any atom is -0.444 e. The van der Waals surface area contributed by atoms with Crippen molar-refractivity contribution >= 4 is 11.9 Å². The van der Waals surface area contributed by atoms with Crippen LogP contribution < -0.4 is 5.31 Å². The van der Waals surface area contributed by atoms with Gasteiger partial charge in [-0.3, -0.25) is 0 Å². The van der Waals surface area contributed by atoms with Crippen molar-refractivity contribution in [2.24, 2.45) is 5.89 Å². The Morgan fingerprint density at radius 2 is 2.46 bits per heavy atom. The highest BCUT2D eigenvalue weighted by atomic mass is 19.1. The second kappa shape index (κ2) is 7.36. The molecular formula is C18H28FN3O2. The summed E-state index contributed by atoms with van der Waals surface area (Å²) in [4.78, 5) is 16.3. The van der Waals surface area contributed by atoms with Gasteiger partial charge in [0, 0.05) is 26.7 Å². The molecule has 5 nitrogen and oxygen atoms in total. The molecular weight excluding hydrogens is 309 g/mol. The lowest BCUT2D eigenvalue weighted by molar-refractivity contribution is 0.00577. The van der Waals surface area contributed by atoms with Crippen molar-refractivity contribution in [1.82, 2.24) is 9.88 Å². The highest BCUT2D eigenvalue weighted by Gasteiger charge is 2.32. The van der Waals surface area contributed by atoms with E-state index in [0.717, 1.165) is 6.07 Å². The molecule has 1 aliphatic heterocycles. The van der Waals surface area contributed by atoms with Crippen molar-refractivity contribution in [2.45, 2.75) is 58.9 Å². The fourth-order valence-electron chi connectivity index (χ4n) is 1.65. The molecule has 1 N–H and O–H groups in total. The molecule has 0 unspecified atom stereocenters. The third kappa shape index (κ3) is 5.08. The third-order valence-electron chi connectivity index (χ3n) is 2.61. The zero-order valence-corrected chi connectivity index (χ0v) is 13.7. The highest BCUT2D eigenvalue weighted by Crippen LogP contribution is 2.24. The zero-order valence-electron chi connectivity index (χ0n) is 27.7. The van der Waals surface area contributed by atoms with Gasteiger partial charge in [0.2, 0.25) is 0 Å². The van der Waals surface area contributed by atoms with Crippen LogP contribution in [-0.4, -0.2) is 40.6 Å². The number of anilines is 1. The second-order valence-corrected chi connectivity index (χ2v) is 5.92. The van der Waals surface area contributed by atoms with Gasteiger partial charge < -0.3 is 14.9 Å². The van der Waals surface area contributed by atoms with Gasteiger partial charge in [-0.15, -0.1) is 0 Å². The van der Waals surface area contributed by atoms with Crippen LogP contribution in [0.1, 0.15) is 63.8 Å². The summed E-state index contributed by atoms with van der Waals surface area (Å²) >= 11 is 0. The van der Waals surface area contributed by atoms with Crippen LogP contribution in [0.15, 0.2) is 12.3 Å². The molecule has 6 heteroatoms. The fraction of sp³-hybridized carbons (Fsp3) is 0.667. The van der Waals surface area contributed by atoms with Gasteiger partial charge in [-0.2, -0.15) is 0 Å². The summed E-state index contributed by atoms with van der Waals surface area (Å²) < 4.78 is 136. The number of carbonyl (C=O) groups excluding carboxylic acids is 1. The van der Waals surface area contributed by atoms with E-state index < -0.39 is 72.7 Å². The maximum Gasteiger partial charge on any atom is 0.410 e. The number of hydrogen-bond donors (Lipinski definition) is 1. The number of ether oxygens (including phenoxy) is 1. The van der Waals surface area contributed by atoms with Gasteiger partial charge in [0.05, 0.1) is 16.3 Å². The maximum absolute atomic E-state index is 13.6. The average molecular weight is 352 g/mol. The van der Waals surface area contributed by atoms with E-state index in [2.05, 4.69) is 4.98 Å². The Bertz CT molecular complexity index is 1110. The zero-order chi connectivity index (χ0) is 30.3. The number of aryl methyl sites for hydroxylation is 1. The lowest BCUT2D eigenvalue weighted by atomic mass is 9.94. The molecule has 2 heterocycles. The summed E-state index contributed by atoms with van der Waals surface area (Å²) in [5, 5.41) is -0.261. The number of aromatic nitrogens is 1. The molecule has 0 spiro atoms. The van der Waals surface area contributed by atoms with Gasteiger partial charge in [-0.25, -0.2) is 14.2 Å². The molecule has 1 saturated heterocycles. The Morgan fingerprint density at radius 1 is 1.71 bits per heavy atom. The van der Waals surface area contributed by atoms with E-state index in [4.69, 9.17) is 24.0 Å². The first-order valence-electron chi connectivity index (χ1n) is 14.0. The lowest BCUT2D eigenvalue weighted by Gasteiger charge is -2.39. The summed E-state index contributed by atoms with van der Waals surface area (Å²) in [6.07, 6.45) is -9.83. The van der Waals surface area contributed by atoms with Crippen molar-refractivity contribution in [2.75, 3.05) is 18.3 Å². The van der Waals surface area contributed by atoms with Crippen LogP contribution >= 0.6 is 0 Å². The van der Waals surface area contributed by atoms with E-state index in [-0.39, 0.29) is 10.9 Å². The van der Waals surface area contributed by atoms with Crippen molar-refractivity contribution in [3.05, 3.63) is 23.6 Å². The molecule has 134 valence electrons. The molecule has 0 aromatic carbocycles. The van der Waals surface area contributed by atoms with Gasteiger partial charge >= 0.3 is 6.09 Å². The topological polar surface area (TPSA) is 54.5 Å². The van der Waals surface area contributed by atoms with E-state index in [9.17, 15) is 9.18 Å². The van der Waals surface area contributed by atoms with Crippen molar-refractivity contribution in [1.29, 1.82) is 0 Å². The smallest absolute Gasteiger partial charge is 0.410 e. The van der Waals surface area contributed by atoms with Gasteiger partial charge in [-0.05, 0) is 58.0 Å². The molecule has 1 aromatic heterocycles. The molecule has 1 amide bonds. The number of carbonyl (C=O) groups is 1. The first kappa shape index (κ1) is 7.18. The first-order chi connectivity index (χ1) is 16.6. The van der Waals surface area contributed by atoms with Gasteiger partial charge in [0.15, 0.2) is 1.41 Å². The lowest BCUT2D eigenvalue weighted by Crippen LogP contribution is -2.51. The maximum atomic E-state index is 13.6. The van der Waals surface area contributed by atoms with Crippen molar-refractivity contribution in [3.8, 4) is 0 Å². The molecule has 0 saturated carbocycles. The Balaban J connectivity index is 3.05. The largest absolute Gasteiger partial charge is 0.444 e. The number of pyridine rings is 1. The number of halogens is 1. The number of hydrogen-bond acceptors (Lipinski definition) is 4. The first-order valence-corrected chi connectivity index (χ1v) is 7.02. The Hall–Kier alpha value is -1.85. The third-order valence-corrected chi connectivity index (χ3v) is 2.61. The van der Waals surface area contributed by atoms with Crippen LogP contribution in [-0.2, 0) is 4.74 Å². The molecule has 1 aromatic rings. The molecule has 0 bridgehead atoms. The number of piperidine rings is 1. The number of nitrogens with zero attached hydrogens (tertiary/aromatic N) is 2. The van der Waals surface area contributed by atoms with Crippen LogP contribution in [0.4, 0.5) is 15.0 Å². The molecule has 2 rings (SSSR count). The number of rotatable bonds is 3.